The average molecular weight is 321 g/mol. The van der Waals surface area contributed by atoms with Gasteiger partial charge in [-0.3, -0.25) is 4.79 Å². The van der Waals surface area contributed by atoms with Crippen molar-refractivity contribution in [1.29, 1.82) is 0 Å². The molecule has 2 N–H and O–H groups in total. The fourth-order valence-electron chi connectivity index (χ4n) is 2.27. The molecule has 1 aromatic rings. The Balaban J connectivity index is 0.00000200. The zero-order chi connectivity index (χ0) is 13.9. The fourth-order valence-corrected chi connectivity index (χ4v) is 2.43. The van der Waals surface area contributed by atoms with Crippen molar-refractivity contribution in [2.24, 2.45) is 5.41 Å². The maximum absolute atomic E-state index is 13.6. The van der Waals surface area contributed by atoms with E-state index in [1.54, 1.807) is 0 Å². The normalized spacial score (nSPS) is 17.1. The minimum Gasteiger partial charge on any atom is -0.351 e. The lowest BCUT2D eigenvalue weighted by atomic mass is 9.81. The lowest BCUT2D eigenvalue weighted by Crippen LogP contribution is -2.43. The number of piperidine rings is 1. The van der Waals surface area contributed by atoms with Gasteiger partial charge in [-0.1, -0.05) is 18.5 Å². The predicted molar refractivity (Wildman–Crippen MR) is 81.2 cm³/mol. The van der Waals surface area contributed by atoms with Crippen LogP contribution in [-0.2, 0) is 0 Å². The summed E-state index contributed by atoms with van der Waals surface area (Å²) in [5.74, 6) is -0.964. The van der Waals surface area contributed by atoms with E-state index < -0.39 is 5.82 Å². The Hall–Kier alpha value is -0.840. The van der Waals surface area contributed by atoms with E-state index in [-0.39, 0.29) is 29.3 Å². The Morgan fingerprint density at radius 2 is 2.10 bits per heavy atom. The first-order valence-corrected chi connectivity index (χ1v) is 6.82. The van der Waals surface area contributed by atoms with Gasteiger partial charge in [0.15, 0.2) is 0 Å². The molecule has 1 amide bonds. The molecule has 1 fully saturated rings. The van der Waals surface area contributed by atoms with Crippen LogP contribution < -0.4 is 10.6 Å². The van der Waals surface area contributed by atoms with Gasteiger partial charge in [0.25, 0.3) is 5.91 Å². The zero-order valence-electron chi connectivity index (χ0n) is 11.3. The molecule has 0 spiro atoms. The molecule has 0 atom stereocenters. The van der Waals surface area contributed by atoms with Gasteiger partial charge >= 0.3 is 0 Å². The summed E-state index contributed by atoms with van der Waals surface area (Å²) >= 11 is 5.66. The van der Waals surface area contributed by atoms with E-state index in [1.165, 1.54) is 12.1 Å². The molecule has 1 aliphatic rings. The second-order valence-corrected chi connectivity index (χ2v) is 5.80. The molecule has 20 heavy (non-hydrogen) atoms. The first-order valence-electron chi connectivity index (χ1n) is 6.44. The molecule has 0 unspecified atom stereocenters. The van der Waals surface area contributed by atoms with Crippen molar-refractivity contribution >= 4 is 29.9 Å². The lowest BCUT2D eigenvalue weighted by Gasteiger charge is -2.34. The summed E-state index contributed by atoms with van der Waals surface area (Å²) in [6.45, 7) is 4.63. The molecule has 6 heteroatoms. The third kappa shape index (κ3) is 4.33. The Bertz CT molecular complexity index is 476. The molecular formula is C14H19Cl2FN2O. The highest BCUT2D eigenvalue weighted by atomic mass is 35.5. The predicted octanol–water partition coefficient (Wildman–Crippen LogP) is 3.02. The zero-order valence-corrected chi connectivity index (χ0v) is 12.9. The maximum atomic E-state index is 13.6. The topological polar surface area (TPSA) is 41.1 Å². The van der Waals surface area contributed by atoms with E-state index in [1.807, 2.05) is 0 Å². The maximum Gasteiger partial charge on any atom is 0.254 e. The summed E-state index contributed by atoms with van der Waals surface area (Å²) in [7, 11) is 0. The Labute approximate surface area is 129 Å². The van der Waals surface area contributed by atoms with Gasteiger partial charge in [-0.15, -0.1) is 12.4 Å². The molecule has 1 saturated heterocycles. The van der Waals surface area contributed by atoms with Gasteiger partial charge in [0, 0.05) is 11.6 Å². The van der Waals surface area contributed by atoms with Crippen molar-refractivity contribution in [2.75, 3.05) is 19.6 Å². The summed E-state index contributed by atoms with van der Waals surface area (Å²) in [5, 5.41) is 6.40. The Morgan fingerprint density at radius 1 is 1.45 bits per heavy atom. The summed E-state index contributed by atoms with van der Waals surface area (Å²) in [6, 6.07) is 4.09. The van der Waals surface area contributed by atoms with E-state index in [4.69, 9.17) is 11.6 Å². The molecule has 0 bridgehead atoms. The number of amides is 1. The molecule has 0 aromatic heterocycles. The summed E-state index contributed by atoms with van der Waals surface area (Å²) < 4.78 is 13.6. The van der Waals surface area contributed by atoms with Crippen LogP contribution in [0.4, 0.5) is 4.39 Å². The summed E-state index contributed by atoms with van der Waals surface area (Å²) in [6.07, 6.45) is 2.02. The third-order valence-electron chi connectivity index (χ3n) is 3.66. The van der Waals surface area contributed by atoms with Crippen molar-refractivity contribution in [3.8, 4) is 0 Å². The lowest BCUT2D eigenvalue weighted by molar-refractivity contribution is 0.0918. The van der Waals surface area contributed by atoms with Crippen LogP contribution in [0.3, 0.4) is 0 Å². The van der Waals surface area contributed by atoms with Gasteiger partial charge in [0.05, 0.1) is 5.56 Å². The molecule has 0 saturated carbocycles. The minimum absolute atomic E-state index is 0. The fraction of sp³-hybridized carbons (Fsp3) is 0.500. The molecule has 0 aliphatic carbocycles. The number of benzene rings is 1. The number of rotatable bonds is 3. The number of halogens is 3. The number of nitrogens with one attached hydrogen (secondary N) is 2. The van der Waals surface area contributed by atoms with Crippen LogP contribution in [0, 0.1) is 11.2 Å². The van der Waals surface area contributed by atoms with Crippen LogP contribution >= 0.6 is 24.0 Å². The molecule has 1 heterocycles. The third-order valence-corrected chi connectivity index (χ3v) is 3.90. The van der Waals surface area contributed by atoms with Gasteiger partial charge in [-0.05, 0) is 49.5 Å². The number of carbonyl (C=O) groups excluding carboxylic acids is 1. The van der Waals surface area contributed by atoms with Crippen LogP contribution in [0.5, 0.6) is 0 Å². The van der Waals surface area contributed by atoms with Gasteiger partial charge in [-0.25, -0.2) is 4.39 Å². The van der Waals surface area contributed by atoms with Crippen molar-refractivity contribution in [3.05, 3.63) is 34.6 Å². The van der Waals surface area contributed by atoms with Gasteiger partial charge < -0.3 is 10.6 Å². The van der Waals surface area contributed by atoms with Crippen molar-refractivity contribution in [2.45, 2.75) is 19.8 Å². The van der Waals surface area contributed by atoms with E-state index >= 15 is 0 Å². The molecule has 1 aromatic carbocycles. The standard InChI is InChI=1S/C14H18ClFN2O.ClH/c1-14(4-6-17-7-5-14)9-18-13(19)11-3-2-10(15)8-12(11)16;/h2-3,8,17H,4-7,9H2,1H3,(H,18,19);1H. The van der Waals surface area contributed by atoms with Crippen LogP contribution in [-0.4, -0.2) is 25.5 Å². The van der Waals surface area contributed by atoms with Crippen LogP contribution in [0.2, 0.25) is 5.02 Å². The summed E-state index contributed by atoms with van der Waals surface area (Å²) in [4.78, 5) is 12.0. The van der Waals surface area contributed by atoms with Crippen LogP contribution in [0.15, 0.2) is 18.2 Å². The minimum atomic E-state index is -0.583. The SMILES string of the molecule is CC1(CNC(=O)c2ccc(Cl)cc2F)CCNCC1.Cl. The summed E-state index contributed by atoms with van der Waals surface area (Å²) in [5.41, 5.74) is 0.131. The molecule has 112 valence electrons. The highest BCUT2D eigenvalue weighted by molar-refractivity contribution is 6.30. The van der Waals surface area contributed by atoms with Crippen molar-refractivity contribution in [3.63, 3.8) is 0 Å². The van der Waals surface area contributed by atoms with E-state index in [2.05, 4.69) is 17.6 Å². The highest BCUT2D eigenvalue weighted by Crippen LogP contribution is 2.26. The van der Waals surface area contributed by atoms with Gasteiger partial charge in [0.1, 0.15) is 5.82 Å². The van der Waals surface area contributed by atoms with Crippen LogP contribution in [0.1, 0.15) is 30.1 Å². The molecule has 3 nitrogen and oxygen atoms in total. The second kappa shape index (κ2) is 7.25. The number of hydrogen-bond acceptors (Lipinski definition) is 2. The molecule has 2 rings (SSSR count). The first kappa shape index (κ1) is 17.2. The van der Waals surface area contributed by atoms with Crippen LogP contribution in [0.25, 0.3) is 0 Å². The van der Waals surface area contributed by atoms with Gasteiger partial charge in [-0.2, -0.15) is 0 Å². The highest BCUT2D eigenvalue weighted by Gasteiger charge is 2.27. The van der Waals surface area contributed by atoms with Crippen molar-refractivity contribution < 1.29 is 9.18 Å². The molecule has 1 aliphatic heterocycles. The Morgan fingerprint density at radius 3 is 2.70 bits per heavy atom. The van der Waals surface area contributed by atoms with Crippen molar-refractivity contribution in [1.82, 2.24) is 10.6 Å². The number of hydrogen-bond donors (Lipinski definition) is 2. The quantitative estimate of drug-likeness (QED) is 0.898. The molecular weight excluding hydrogens is 302 g/mol. The molecule has 0 radical (unpaired) electrons. The van der Waals surface area contributed by atoms with E-state index in [0.29, 0.717) is 11.6 Å². The average Bonchev–Trinajstić information content (AvgIpc) is 2.37. The Kier molecular flexibility index (Phi) is 6.24. The largest absolute Gasteiger partial charge is 0.351 e. The number of carbonyl (C=O) groups is 1. The first-order chi connectivity index (χ1) is 9.00. The van der Waals surface area contributed by atoms with Gasteiger partial charge in [0.2, 0.25) is 0 Å². The smallest absolute Gasteiger partial charge is 0.254 e. The van der Waals surface area contributed by atoms with E-state index in [0.717, 1.165) is 32.0 Å². The second-order valence-electron chi connectivity index (χ2n) is 5.37. The monoisotopic (exact) mass is 320 g/mol. The van der Waals surface area contributed by atoms with E-state index in [9.17, 15) is 9.18 Å².